The van der Waals surface area contributed by atoms with Gasteiger partial charge in [-0.05, 0) is 30.8 Å². The number of carbonyl (C=O) groups excluding carboxylic acids is 1. The van der Waals surface area contributed by atoms with E-state index in [2.05, 4.69) is 42.0 Å². The van der Waals surface area contributed by atoms with E-state index in [0.29, 0.717) is 6.54 Å². The summed E-state index contributed by atoms with van der Waals surface area (Å²) in [4.78, 5) is 13.4. The third kappa shape index (κ3) is 3.33. The van der Waals surface area contributed by atoms with Gasteiger partial charge in [-0.1, -0.05) is 26.3 Å². The summed E-state index contributed by atoms with van der Waals surface area (Å²) >= 11 is 1.75. The Bertz CT molecular complexity index is 381. The van der Waals surface area contributed by atoms with Gasteiger partial charge in [-0.25, -0.2) is 0 Å². The van der Waals surface area contributed by atoms with Gasteiger partial charge in [0.1, 0.15) is 0 Å². The van der Waals surface area contributed by atoms with Crippen LogP contribution in [0.2, 0.25) is 0 Å². The van der Waals surface area contributed by atoms with E-state index < -0.39 is 0 Å². The van der Waals surface area contributed by atoms with Crippen LogP contribution in [0.4, 0.5) is 0 Å². The molecule has 1 aliphatic heterocycles. The third-order valence-electron chi connectivity index (χ3n) is 3.52. The minimum absolute atomic E-state index is 0.0119. The Kier molecular flexibility index (Phi) is 4.40. The molecular weight excluding hydrogens is 244 g/mol. The third-order valence-corrected chi connectivity index (χ3v) is 4.76. The lowest BCUT2D eigenvalue weighted by molar-refractivity contribution is -0.123. The molecule has 1 saturated heterocycles. The molecule has 0 aliphatic carbocycles. The van der Waals surface area contributed by atoms with Crippen molar-refractivity contribution in [2.75, 3.05) is 13.1 Å². The quantitative estimate of drug-likeness (QED) is 0.878. The molecule has 0 bridgehead atoms. The predicted octanol–water partition coefficient (Wildman–Crippen LogP) is 2.28. The molecule has 1 aromatic rings. The van der Waals surface area contributed by atoms with E-state index in [1.54, 1.807) is 11.3 Å². The van der Waals surface area contributed by atoms with Gasteiger partial charge in [0.2, 0.25) is 5.91 Å². The summed E-state index contributed by atoms with van der Waals surface area (Å²) in [5.41, 5.74) is 0.0124. The molecule has 0 aromatic carbocycles. The lowest BCUT2D eigenvalue weighted by atomic mass is 9.91. The maximum absolute atomic E-state index is 12.0. The SMILES string of the molecule is CC(C)(CNC(=O)[C@H]1CCCCN1)c1cccs1. The van der Waals surface area contributed by atoms with Crippen LogP contribution in [0.3, 0.4) is 0 Å². The Morgan fingerprint density at radius 3 is 3.00 bits per heavy atom. The second kappa shape index (κ2) is 5.85. The normalized spacial score (nSPS) is 20.7. The largest absolute Gasteiger partial charge is 0.354 e. The fourth-order valence-corrected chi connectivity index (χ4v) is 3.11. The average molecular weight is 266 g/mol. The van der Waals surface area contributed by atoms with Crippen molar-refractivity contribution in [3.8, 4) is 0 Å². The monoisotopic (exact) mass is 266 g/mol. The van der Waals surface area contributed by atoms with Crippen LogP contribution in [0.25, 0.3) is 0 Å². The lowest BCUT2D eigenvalue weighted by Gasteiger charge is -2.27. The molecular formula is C14H22N2OS. The number of rotatable bonds is 4. The van der Waals surface area contributed by atoms with E-state index in [9.17, 15) is 4.79 Å². The highest BCUT2D eigenvalue weighted by Crippen LogP contribution is 2.26. The molecule has 4 heteroatoms. The highest BCUT2D eigenvalue weighted by atomic mass is 32.1. The van der Waals surface area contributed by atoms with Gasteiger partial charge in [0.15, 0.2) is 0 Å². The van der Waals surface area contributed by atoms with Gasteiger partial charge in [0, 0.05) is 16.8 Å². The summed E-state index contributed by atoms with van der Waals surface area (Å²) in [6.45, 7) is 6.01. The molecule has 1 atom stereocenters. The average Bonchev–Trinajstić information content (AvgIpc) is 2.92. The van der Waals surface area contributed by atoms with Gasteiger partial charge in [-0.3, -0.25) is 4.79 Å². The van der Waals surface area contributed by atoms with Gasteiger partial charge in [-0.2, -0.15) is 0 Å². The minimum Gasteiger partial charge on any atom is -0.354 e. The molecule has 2 rings (SSSR count). The van der Waals surface area contributed by atoms with E-state index in [1.165, 1.54) is 11.3 Å². The molecule has 0 spiro atoms. The fourth-order valence-electron chi connectivity index (χ4n) is 2.26. The molecule has 1 fully saturated rings. The summed E-state index contributed by atoms with van der Waals surface area (Å²) in [7, 11) is 0. The maximum Gasteiger partial charge on any atom is 0.237 e. The van der Waals surface area contributed by atoms with Crippen molar-refractivity contribution in [1.82, 2.24) is 10.6 Å². The minimum atomic E-state index is 0.0119. The fraction of sp³-hybridized carbons (Fsp3) is 0.643. The summed E-state index contributed by atoms with van der Waals surface area (Å²) in [6.07, 6.45) is 3.30. The first-order valence-electron chi connectivity index (χ1n) is 6.65. The predicted molar refractivity (Wildman–Crippen MR) is 76.0 cm³/mol. The molecule has 0 unspecified atom stereocenters. The van der Waals surface area contributed by atoms with Crippen molar-refractivity contribution < 1.29 is 4.79 Å². The summed E-state index contributed by atoms with van der Waals surface area (Å²) < 4.78 is 0. The maximum atomic E-state index is 12.0. The van der Waals surface area contributed by atoms with E-state index in [0.717, 1.165) is 19.4 Å². The summed E-state index contributed by atoms with van der Waals surface area (Å²) in [5, 5.41) is 8.45. The first-order chi connectivity index (χ1) is 8.59. The van der Waals surface area contributed by atoms with Crippen molar-refractivity contribution in [1.29, 1.82) is 0 Å². The molecule has 3 nitrogen and oxygen atoms in total. The van der Waals surface area contributed by atoms with Crippen molar-refractivity contribution in [3.05, 3.63) is 22.4 Å². The van der Waals surface area contributed by atoms with Crippen molar-refractivity contribution in [2.24, 2.45) is 0 Å². The first kappa shape index (κ1) is 13.6. The smallest absolute Gasteiger partial charge is 0.237 e. The number of carbonyl (C=O) groups is 1. The van der Waals surface area contributed by atoms with Gasteiger partial charge in [0.25, 0.3) is 0 Å². The standard InChI is InChI=1S/C14H22N2OS/c1-14(2,12-7-5-9-18-12)10-16-13(17)11-6-3-4-8-15-11/h5,7,9,11,15H,3-4,6,8,10H2,1-2H3,(H,16,17)/t11-/m1/s1. The van der Waals surface area contributed by atoms with E-state index >= 15 is 0 Å². The molecule has 1 aliphatic rings. The first-order valence-corrected chi connectivity index (χ1v) is 7.53. The van der Waals surface area contributed by atoms with E-state index in [1.807, 2.05) is 0 Å². The number of nitrogens with one attached hydrogen (secondary N) is 2. The van der Waals surface area contributed by atoms with Crippen LogP contribution >= 0.6 is 11.3 Å². The van der Waals surface area contributed by atoms with Gasteiger partial charge >= 0.3 is 0 Å². The van der Waals surface area contributed by atoms with Crippen LogP contribution in [-0.2, 0) is 10.2 Å². The van der Waals surface area contributed by atoms with Crippen LogP contribution in [0.15, 0.2) is 17.5 Å². The van der Waals surface area contributed by atoms with Crippen molar-refractivity contribution >= 4 is 17.2 Å². The number of hydrogen-bond acceptors (Lipinski definition) is 3. The number of piperidine rings is 1. The molecule has 100 valence electrons. The number of thiophene rings is 1. The Labute approximate surface area is 113 Å². The molecule has 18 heavy (non-hydrogen) atoms. The Balaban J connectivity index is 1.85. The van der Waals surface area contributed by atoms with Crippen LogP contribution in [0, 0.1) is 0 Å². The Morgan fingerprint density at radius 2 is 2.39 bits per heavy atom. The topological polar surface area (TPSA) is 41.1 Å². The van der Waals surface area contributed by atoms with Gasteiger partial charge in [0.05, 0.1) is 6.04 Å². The van der Waals surface area contributed by atoms with Gasteiger partial charge in [-0.15, -0.1) is 11.3 Å². The summed E-state index contributed by atoms with van der Waals surface area (Å²) in [5.74, 6) is 0.152. The van der Waals surface area contributed by atoms with Crippen molar-refractivity contribution in [2.45, 2.75) is 44.6 Å². The Hall–Kier alpha value is -0.870. The van der Waals surface area contributed by atoms with E-state index in [4.69, 9.17) is 0 Å². The zero-order chi connectivity index (χ0) is 13.0. The molecule has 0 radical (unpaired) electrons. The zero-order valence-corrected chi connectivity index (χ0v) is 12.0. The second-order valence-corrected chi connectivity index (χ2v) is 6.53. The molecule has 2 heterocycles. The highest BCUT2D eigenvalue weighted by molar-refractivity contribution is 7.10. The zero-order valence-electron chi connectivity index (χ0n) is 11.2. The van der Waals surface area contributed by atoms with Crippen molar-refractivity contribution in [3.63, 3.8) is 0 Å². The number of hydrogen-bond donors (Lipinski definition) is 2. The number of amides is 1. The lowest BCUT2D eigenvalue weighted by Crippen LogP contribution is -2.49. The van der Waals surface area contributed by atoms with Gasteiger partial charge < -0.3 is 10.6 Å². The van der Waals surface area contributed by atoms with Crippen LogP contribution < -0.4 is 10.6 Å². The molecule has 0 saturated carbocycles. The highest BCUT2D eigenvalue weighted by Gasteiger charge is 2.25. The van der Waals surface area contributed by atoms with Crippen LogP contribution in [0.1, 0.15) is 38.0 Å². The summed E-state index contributed by atoms with van der Waals surface area (Å²) in [6, 6.07) is 4.21. The second-order valence-electron chi connectivity index (χ2n) is 5.58. The van der Waals surface area contributed by atoms with E-state index in [-0.39, 0.29) is 17.4 Å². The molecule has 1 amide bonds. The van der Waals surface area contributed by atoms with Crippen LogP contribution in [-0.4, -0.2) is 25.0 Å². The molecule has 2 N–H and O–H groups in total. The van der Waals surface area contributed by atoms with Crippen LogP contribution in [0.5, 0.6) is 0 Å². The Morgan fingerprint density at radius 1 is 1.56 bits per heavy atom. The molecule has 1 aromatic heterocycles.